The van der Waals surface area contributed by atoms with Gasteiger partial charge in [-0.15, -0.1) is 0 Å². The van der Waals surface area contributed by atoms with Crippen LogP contribution in [0.3, 0.4) is 0 Å². The Morgan fingerprint density at radius 2 is 0.533 bits per heavy atom. The number of carbonyl (C=O) groups is 3. The maximum Gasteiger partial charge on any atom is 0.306 e. The molecule has 0 rings (SSSR count). The van der Waals surface area contributed by atoms with Gasteiger partial charge in [-0.05, 0) is 96.3 Å². The summed E-state index contributed by atoms with van der Waals surface area (Å²) in [7, 11) is 0. The average molecular weight is 1040 g/mol. The summed E-state index contributed by atoms with van der Waals surface area (Å²) in [4.78, 5) is 38.3. The fourth-order valence-corrected chi connectivity index (χ4v) is 8.65. The molecular formula is C69H116O6. The van der Waals surface area contributed by atoms with Gasteiger partial charge in [-0.25, -0.2) is 0 Å². The highest BCUT2D eigenvalue weighted by Crippen LogP contribution is 2.16. The summed E-state index contributed by atoms with van der Waals surface area (Å²) in [6, 6.07) is 0. The summed E-state index contributed by atoms with van der Waals surface area (Å²) in [6.07, 6.45) is 85.2. The first-order valence-corrected chi connectivity index (χ1v) is 31.4. The van der Waals surface area contributed by atoms with E-state index in [0.717, 1.165) is 109 Å². The highest BCUT2D eigenvalue weighted by atomic mass is 16.6. The second kappa shape index (κ2) is 62.6. The van der Waals surface area contributed by atoms with Crippen molar-refractivity contribution in [3.63, 3.8) is 0 Å². The zero-order valence-corrected chi connectivity index (χ0v) is 49.0. The van der Waals surface area contributed by atoms with Gasteiger partial charge in [0.05, 0.1) is 0 Å². The standard InChI is InChI=1S/C69H116O6/c1-4-7-10-13-16-19-22-25-28-31-33-34-36-38-41-44-47-50-53-56-59-62-68(71)74-65-66(64-73-67(70)61-58-55-52-49-46-43-40-37-30-27-24-21-18-15-12-9-6-3)75-69(72)63-60-57-54-51-48-45-42-39-35-32-29-26-23-20-17-14-11-8-5-2/h7,9-10,12,16,18-19,21,25,27-28,30,33-34,40,43,49,52,66H,4-6,8,11,13-15,17,20,22-24,26,29,31-32,35-39,41-42,44-48,50-51,53-65H2,1-3H3/b10-7-,12-9-,19-16-,21-18-,28-25-,30-27-,34-33-,43-40-,52-49-. The molecule has 0 spiro atoms. The van der Waals surface area contributed by atoms with Crippen LogP contribution in [0.1, 0.15) is 290 Å². The number of hydrogen-bond donors (Lipinski definition) is 0. The van der Waals surface area contributed by atoms with E-state index >= 15 is 0 Å². The molecule has 0 aromatic carbocycles. The van der Waals surface area contributed by atoms with Crippen LogP contribution in [-0.2, 0) is 28.6 Å². The molecule has 75 heavy (non-hydrogen) atoms. The molecule has 6 heteroatoms. The summed E-state index contributed by atoms with van der Waals surface area (Å²) >= 11 is 0. The molecule has 0 aromatic rings. The molecule has 0 aliphatic carbocycles. The fraction of sp³-hybridized carbons (Fsp3) is 0.696. The van der Waals surface area contributed by atoms with Gasteiger partial charge in [0.2, 0.25) is 0 Å². The molecule has 0 heterocycles. The van der Waals surface area contributed by atoms with E-state index < -0.39 is 6.10 Å². The lowest BCUT2D eigenvalue weighted by Gasteiger charge is -2.18. The van der Waals surface area contributed by atoms with Crippen molar-refractivity contribution >= 4 is 17.9 Å². The van der Waals surface area contributed by atoms with E-state index in [1.165, 1.54) is 135 Å². The molecule has 0 saturated heterocycles. The number of unbranched alkanes of at least 4 members (excludes halogenated alkanes) is 27. The van der Waals surface area contributed by atoms with Crippen molar-refractivity contribution < 1.29 is 28.6 Å². The minimum atomic E-state index is -0.806. The lowest BCUT2D eigenvalue weighted by Crippen LogP contribution is -2.30. The lowest BCUT2D eigenvalue weighted by atomic mass is 10.0. The van der Waals surface area contributed by atoms with E-state index in [4.69, 9.17) is 14.2 Å². The Morgan fingerprint density at radius 1 is 0.280 bits per heavy atom. The second-order valence-electron chi connectivity index (χ2n) is 20.6. The van der Waals surface area contributed by atoms with Crippen molar-refractivity contribution in [1.82, 2.24) is 0 Å². The Bertz CT molecular complexity index is 1520. The molecule has 1 unspecified atom stereocenters. The monoisotopic (exact) mass is 1040 g/mol. The van der Waals surface area contributed by atoms with Gasteiger partial charge in [0.1, 0.15) is 13.2 Å². The average Bonchev–Trinajstić information content (AvgIpc) is 3.41. The Kier molecular flexibility index (Phi) is 59.3. The van der Waals surface area contributed by atoms with Crippen molar-refractivity contribution in [2.75, 3.05) is 13.2 Å². The van der Waals surface area contributed by atoms with Crippen LogP contribution < -0.4 is 0 Å². The first-order valence-electron chi connectivity index (χ1n) is 31.4. The molecule has 0 aliphatic heterocycles. The number of esters is 3. The zero-order valence-electron chi connectivity index (χ0n) is 49.0. The number of ether oxygens (including phenoxy) is 3. The Balaban J connectivity index is 4.45. The predicted octanol–water partition coefficient (Wildman–Crippen LogP) is 21.4. The van der Waals surface area contributed by atoms with Crippen LogP contribution in [-0.4, -0.2) is 37.2 Å². The van der Waals surface area contributed by atoms with Gasteiger partial charge in [-0.1, -0.05) is 284 Å². The van der Waals surface area contributed by atoms with E-state index in [2.05, 4.69) is 130 Å². The summed E-state index contributed by atoms with van der Waals surface area (Å²) in [5.74, 6) is -0.958. The minimum Gasteiger partial charge on any atom is -0.462 e. The molecule has 0 amide bonds. The molecule has 0 aliphatic rings. The Labute approximate surface area is 463 Å². The van der Waals surface area contributed by atoms with Crippen LogP contribution in [0.2, 0.25) is 0 Å². The largest absolute Gasteiger partial charge is 0.462 e. The van der Waals surface area contributed by atoms with Crippen LogP contribution in [0.15, 0.2) is 109 Å². The van der Waals surface area contributed by atoms with E-state index in [9.17, 15) is 14.4 Å². The van der Waals surface area contributed by atoms with Gasteiger partial charge >= 0.3 is 17.9 Å². The quantitative estimate of drug-likeness (QED) is 0.0261. The minimum absolute atomic E-state index is 0.0992. The number of rotatable bonds is 56. The van der Waals surface area contributed by atoms with Crippen molar-refractivity contribution in [3.05, 3.63) is 109 Å². The van der Waals surface area contributed by atoms with E-state index in [1.54, 1.807) is 0 Å². The molecule has 0 saturated carbocycles. The van der Waals surface area contributed by atoms with Gasteiger partial charge in [0.15, 0.2) is 6.10 Å². The summed E-state index contributed by atoms with van der Waals surface area (Å²) in [6.45, 7) is 6.39. The SMILES string of the molecule is CC/C=C\C/C=C\C/C=C\C/C=C\C/C=C\CCCC(=O)OCC(COC(=O)CCCCCCCCCC/C=C\C/C=C\C/C=C\C/C=C\CC)OC(=O)CCCCCCCCCCCCCCCCCCCCC. The lowest BCUT2D eigenvalue weighted by molar-refractivity contribution is -0.167. The molecular weight excluding hydrogens is 925 g/mol. The van der Waals surface area contributed by atoms with Gasteiger partial charge in [0.25, 0.3) is 0 Å². The summed E-state index contributed by atoms with van der Waals surface area (Å²) < 4.78 is 16.9. The topological polar surface area (TPSA) is 78.9 Å². The van der Waals surface area contributed by atoms with Crippen molar-refractivity contribution in [2.24, 2.45) is 0 Å². The van der Waals surface area contributed by atoms with Crippen molar-refractivity contribution in [2.45, 2.75) is 297 Å². The van der Waals surface area contributed by atoms with Crippen LogP contribution in [0.25, 0.3) is 0 Å². The third kappa shape index (κ3) is 60.8. The molecule has 0 fully saturated rings. The molecule has 6 nitrogen and oxygen atoms in total. The van der Waals surface area contributed by atoms with Crippen LogP contribution in [0.4, 0.5) is 0 Å². The maximum atomic E-state index is 12.9. The number of hydrogen-bond acceptors (Lipinski definition) is 6. The third-order valence-electron chi connectivity index (χ3n) is 13.3. The first-order chi connectivity index (χ1) is 37.0. The van der Waals surface area contributed by atoms with Gasteiger partial charge in [-0.2, -0.15) is 0 Å². The number of carbonyl (C=O) groups excluding carboxylic acids is 3. The normalized spacial score (nSPS) is 12.8. The van der Waals surface area contributed by atoms with Crippen LogP contribution in [0, 0.1) is 0 Å². The number of allylic oxidation sites excluding steroid dienone is 18. The molecule has 0 aromatic heterocycles. The van der Waals surface area contributed by atoms with Gasteiger partial charge < -0.3 is 14.2 Å². The van der Waals surface area contributed by atoms with E-state index in [1.807, 2.05) is 0 Å². The Morgan fingerprint density at radius 3 is 0.867 bits per heavy atom. The predicted molar refractivity (Wildman–Crippen MR) is 325 cm³/mol. The molecule has 1 atom stereocenters. The highest BCUT2D eigenvalue weighted by molar-refractivity contribution is 5.71. The molecule has 0 N–H and O–H groups in total. The summed E-state index contributed by atoms with van der Waals surface area (Å²) in [5, 5.41) is 0. The second-order valence-corrected chi connectivity index (χ2v) is 20.6. The smallest absolute Gasteiger partial charge is 0.306 e. The van der Waals surface area contributed by atoms with Crippen molar-refractivity contribution in [1.29, 1.82) is 0 Å². The molecule has 428 valence electrons. The maximum absolute atomic E-state index is 12.9. The van der Waals surface area contributed by atoms with Crippen molar-refractivity contribution in [3.8, 4) is 0 Å². The first kappa shape index (κ1) is 71.1. The van der Waals surface area contributed by atoms with Gasteiger partial charge in [0, 0.05) is 19.3 Å². The zero-order chi connectivity index (χ0) is 54.3. The fourth-order valence-electron chi connectivity index (χ4n) is 8.65. The van der Waals surface area contributed by atoms with E-state index in [-0.39, 0.29) is 37.5 Å². The van der Waals surface area contributed by atoms with Crippen LogP contribution >= 0.6 is 0 Å². The summed E-state index contributed by atoms with van der Waals surface area (Å²) in [5.41, 5.74) is 0. The molecule has 0 radical (unpaired) electrons. The van der Waals surface area contributed by atoms with Gasteiger partial charge in [-0.3, -0.25) is 14.4 Å². The van der Waals surface area contributed by atoms with E-state index in [0.29, 0.717) is 19.3 Å². The molecule has 0 bridgehead atoms. The highest BCUT2D eigenvalue weighted by Gasteiger charge is 2.19. The van der Waals surface area contributed by atoms with Crippen LogP contribution in [0.5, 0.6) is 0 Å². The third-order valence-corrected chi connectivity index (χ3v) is 13.3. The Hall–Kier alpha value is -3.93.